The fourth-order valence-electron chi connectivity index (χ4n) is 7.76. The minimum atomic E-state index is 0.665. The van der Waals surface area contributed by atoms with E-state index in [1.54, 1.807) is 0 Å². The van der Waals surface area contributed by atoms with E-state index in [1.165, 1.54) is 36.5 Å². The first-order valence-corrected chi connectivity index (χ1v) is 17.9. The highest BCUT2D eigenvalue weighted by atomic mass is 32.1. The molecule has 11 aromatic rings. The van der Waals surface area contributed by atoms with E-state index < -0.39 is 0 Å². The average molecular weight is 670 g/mol. The third-order valence-corrected chi connectivity index (χ3v) is 11.2. The lowest BCUT2D eigenvalue weighted by molar-refractivity contribution is 0.666. The molecule has 0 radical (unpaired) electrons. The Bertz CT molecular complexity index is 3080. The largest absolute Gasteiger partial charge is 0.454 e. The lowest BCUT2D eigenvalue weighted by atomic mass is 10.0. The zero-order valence-electron chi connectivity index (χ0n) is 27.2. The Labute approximate surface area is 296 Å². The molecule has 0 atom stereocenters. The van der Waals surface area contributed by atoms with Crippen molar-refractivity contribution < 1.29 is 4.42 Å². The Morgan fingerprint density at radius 1 is 0.510 bits per heavy atom. The molecule has 0 unspecified atom stereocenters. The number of benzene rings is 7. The molecular formula is C46H27N3OS. The van der Waals surface area contributed by atoms with Crippen molar-refractivity contribution in [2.75, 3.05) is 0 Å². The summed E-state index contributed by atoms with van der Waals surface area (Å²) in [6.45, 7) is 0. The predicted molar refractivity (Wildman–Crippen MR) is 213 cm³/mol. The second-order valence-corrected chi connectivity index (χ2v) is 14.0. The molecular weight excluding hydrogens is 643 g/mol. The van der Waals surface area contributed by atoms with E-state index in [0.717, 1.165) is 61.2 Å². The molecule has 0 aliphatic heterocycles. The highest BCUT2D eigenvalue weighted by Crippen LogP contribution is 2.45. The third-order valence-electron chi connectivity index (χ3n) is 10.0. The van der Waals surface area contributed by atoms with Crippen molar-refractivity contribution in [1.29, 1.82) is 0 Å². The summed E-state index contributed by atoms with van der Waals surface area (Å²) in [5.74, 6) is 0.665. The van der Waals surface area contributed by atoms with Crippen LogP contribution in [0.2, 0.25) is 0 Å². The fourth-order valence-corrected chi connectivity index (χ4v) is 9.00. The zero-order chi connectivity index (χ0) is 33.5. The molecule has 51 heavy (non-hydrogen) atoms. The molecule has 7 aromatic carbocycles. The summed E-state index contributed by atoms with van der Waals surface area (Å²) in [5.41, 5.74) is 9.78. The number of hydrogen-bond donors (Lipinski definition) is 0. The maximum absolute atomic E-state index is 6.90. The van der Waals surface area contributed by atoms with Crippen LogP contribution in [0.3, 0.4) is 0 Å². The number of nitrogens with zero attached hydrogens (tertiary/aromatic N) is 3. The second kappa shape index (κ2) is 11.0. The van der Waals surface area contributed by atoms with Crippen LogP contribution in [-0.2, 0) is 0 Å². The Kier molecular flexibility index (Phi) is 6.09. The van der Waals surface area contributed by atoms with Gasteiger partial charge in [-0.05, 0) is 30.3 Å². The Hall–Kier alpha value is -6.56. The molecule has 0 fully saturated rings. The Morgan fingerprint density at radius 2 is 1.16 bits per heavy atom. The Balaban J connectivity index is 1.21. The summed E-state index contributed by atoms with van der Waals surface area (Å²) in [6.07, 6.45) is 0. The van der Waals surface area contributed by atoms with Crippen LogP contribution in [0, 0.1) is 0 Å². The van der Waals surface area contributed by atoms with Gasteiger partial charge in [0.25, 0.3) is 0 Å². The van der Waals surface area contributed by atoms with Crippen molar-refractivity contribution in [2.24, 2.45) is 0 Å². The van der Waals surface area contributed by atoms with E-state index >= 15 is 0 Å². The molecule has 4 aromatic heterocycles. The molecule has 11 rings (SSSR count). The van der Waals surface area contributed by atoms with E-state index in [2.05, 4.69) is 126 Å². The smallest absolute Gasteiger partial charge is 0.161 e. The summed E-state index contributed by atoms with van der Waals surface area (Å²) < 4.78 is 11.9. The molecule has 0 aliphatic carbocycles. The molecule has 0 saturated heterocycles. The van der Waals surface area contributed by atoms with Crippen LogP contribution in [0.5, 0.6) is 0 Å². The molecule has 0 amide bonds. The molecule has 0 aliphatic rings. The van der Waals surface area contributed by atoms with Crippen LogP contribution in [0.15, 0.2) is 168 Å². The van der Waals surface area contributed by atoms with Gasteiger partial charge >= 0.3 is 0 Å². The number of furan rings is 1. The van der Waals surface area contributed by atoms with Crippen LogP contribution < -0.4 is 0 Å². The summed E-state index contributed by atoms with van der Waals surface area (Å²) in [6, 6.07) is 57.4. The van der Waals surface area contributed by atoms with E-state index in [9.17, 15) is 0 Å². The molecule has 4 heterocycles. The first-order valence-electron chi connectivity index (χ1n) is 17.1. The minimum absolute atomic E-state index is 0.665. The molecule has 238 valence electrons. The van der Waals surface area contributed by atoms with Gasteiger partial charge in [-0.1, -0.05) is 133 Å². The summed E-state index contributed by atoms with van der Waals surface area (Å²) in [7, 11) is 0. The topological polar surface area (TPSA) is 43.9 Å². The number of aromatic nitrogens is 3. The molecule has 0 saturated carbocycles. The van der Waals surface area contributed by atoms with Gasteiger partial charge in [-0.2, -0.15) is 0 Å². The molecule has 5 heteroatoms. The average Bonchev–Trinajstić information content (AvgIpc) is 3.88. The van der Waals surface area contributed by atoms with Crippen molar-refractivity contribution in [3.8, 4) is 39.6 Å². The predicted octanol–water partition coefficient (Wildman–Crippen LogP) is 12.8. The quantitative estimate of drug-likeness (QED) is 0.187. The van der Waals surface area contributed by atoms with E-state index in [-0.39, 0.29) is 0 Å². The minimum Gasteiger partial charge on any atom is -0.454 e. The monoisotopic (exact) mass is 669 g/mol. The van der Waals surface area contributed by atoms with E-state index in [4.69, 9.17) is 14.4 Å². The van der Waals surface area contributed by atoms with Gasteiger partial charge in [-0.25, -0.2) is 9.97 Å². The SMILES string of the molecule is c1ccc(-c2cc(-c3ccccc3)nc(-c3cccc4oc5c(-n6c7ccccc7c7ccc8c9ccccc9sc8c76)cccc5c34)n2)cc1. The van der Waals surface area contributed by atoms with E-state index in [1.807, 2.05) is 53.8 Å². The van der Waals surface area contributed by atoms with Crippen molar-refractivity contribution in [1.82, 2.24) is 14.5 Å². The summed E-state index contributed by atoms with van der Waals surface area (Å²) in [5, 5.41) is 7.05. The van der Waals surface area contributed by atoms with Gasteiger partial charge in [0.2, 0.25) is 0 Å². The lowest BCUT2D eigenvalue weighted by Gasteiger charge is -2.10. The second-order valence-electron chi connectivity index (χ2n) is 12.9. The molecule has 0 bridgehead atoms. The third kappa shape index (κ3) is 4.25. The molecule has 0 N–H and O–H groups in total. The van der Waals surface area contributed by atoms with Gasteiger partial charge in [-0.3, -0.25) is 0 Å². The number of rotatable bonds is 4. The van der Waals surface area contributed by atoms with Crippen LogP contribution >= 0.6 is 11.3 Å². The summed E-state index contributed by atoms with van der Waals surface area (Å²) >= 11 is 1.86. The van der Waals surface area contributed by atoms with Gasteiger partial charge in [0, 0.05) is 53.7 Å². The lowest BCUT2D eigenvalue weighted by Crippen LogP contribution is -1.96. The summed E-state index contributed by atoms with van der Waals surface area (Å²) in [4.78, 5) is 10.4. The van der Waals surface area contributed by atoms with Gasteiger partial charge < -0.3 is 8.98 Å². The van der Waals surface area contributed by atoms with Crippen LogP contribution in [-0.4, -0.2) is 14.5 Å². The normalized spacial score (nSPS) is 11.9. The number of para-hydroxylation sites is 2. The van der Waals surface area contributed by atoms with Gasteiger partial charge in [-0.15, -0.1) is 11.3 Å². The molecule has 4 nitrogen and oxygen atoms in total. The van der Waals surface area contributed by atoms with Crippen molar-refractivity contribution in [2.45, 2.75) is 0 Å². The standard InChI is InChI=1S/C46H27N3OS/c1-3-13-28(14-4-1)36-27-37(29-15-5-2-6-16-29)48-46(47-36)35-20-12-23-40-42(35)34-19-11-22-39(44(34)50-40)49-38-21-9-7-17-30(38)32-25-26-33-31-18-8-10-24-41(31)51-45(33)43(32)49/h1-27H. The van der Waals surface area contributed by atoms with Crippen LogP contribution in [0.1, 0.15) is 0 Å². The number of hydrogen-bond acceptors (Lipinski definition) is 4. The first kappa shape index (κ1) is 28.3. The highest BCUT2D eigenvalue weighted by Gasteiger charge is 2.22. The van der Waals surface area contributed by atoms with Crippen molar-refractivity contribution in [3.05, 3.63) is 164 Å². The number of fused-ring (bicyclic) bond motifs is 10. The maximum Gasteiger partial charge on any atom is 0.161 e. The van der Waals surface area contributed by atoms with E-state index in [0.29, 0.717) is 5.82 Å². The van der Waals surface area contributed by atoms with Gasteiger partial charge in [0.05, 0.1) is 32.8 Å². The number of thiophene rings is 1. The van der Waals surface area contributed by atoms with Gasteiger partial charge in [0.15, 0.2) is 11.4 Å². The van der Waals surface area contributed by atoms with Crippen molar-refractivity contribution >= 4 is 75.3 Å². The fraction of sp³-hybridized carbons (Fsp3) is 0. The maximum atomic E-state index is 6.90. The van der Waals surface area contributed by atoms with Gasteiger partial charge in [0.1, 0.15) is 5.58 Å². The zero-order valence-corrected chi connectivity index (χ0v) is 28.1. The Morgan fingerprint density at radius 3 is 1.94 bits per heavy atom. The van der Waals surface area contributed by atoms with Crippen LogP contribution in [0.25, 0.3) is 104 Å². The molecule has 0 spiro atoms. The first-order chi connectivity index (χ1) is 25.3. The van der Waals surface area contributed by atoms with Crippen LogP contribution in [0.4, 0.5) is 0 Å². The van der Waals surface area contributed by atoms with Crippen molar-refractivity contribution in [3.63, 3.8) is 0 Å². The highest BCUT2D eigenvalue weighted by molar-refractivity contribution is 7.26.